The summed E-state index contributed by atoms with van der Waals surface area (Å²) >= 11 is 0. The summed E-state index contributed by atoms with van der Waals surface area (Å²) in [5, 5.41) is 7.44. The smallest absolute Gasteiger partial charge is 0.257 e. The van der Waals surface area contributed by atoms with Crippen LogP contribution in [0.1, 0.15) is 48.5 Å². The van der Waals surface area contributed by atoms with Crippen molar-refractivity contribution in [2.75, 3.05) is 12.3 Å². The normalized spacial score (nSPS) is 11.5. The Morgan fingerprint density at radius 1 is 1.13 bits per heavy atom. The number of nitrogens with one attached hydrogen (secondary N) is 1. The van der Waals surface area contributed by atoms with E-state index < -0.39 is 0 Å². The first-order valence-corrected chi connectivity index (χ1v) is 10.5. The Balaban J connectivity index is 1.75. The van der Waals surface area contributed by atoms with E-state index in [0.29, 0.717) is 34.3 Å². The van der Waals surface area contributed by atoms with Crippen LogP contribution in [0.4, 0.5) is 5.82 Å². The van der Waals surface area contributed by atoms with Gasteiger partial charge in [0.05, 0.1) is 17.2 Å². The van der Waals surface area contributed by atoms with Crippen LogP contribution in [0.5, 0.6) is 0 Å². The molecule has 0 radical (unpaired) electrons. The number of fused-ring (bicyclic) bond motifs is 2. The third-order valence-electron chi connectivity index (χ3n) is 5.02. The van der Waals surface area contributed by atoms with E-state index in [1.54, 1.807) is 18.6 Å². The fraction of sp³-hybridized carbons (Fsp3) is 0.261. The van der Waals surface area contributed by atoms with Crippen molar-refractivity contribution < 1.29 is 4.79 Å². The number of nitrogen functional groups attached to an aromatic ring is 1. The predicted molar refractivity (Wildman–Crippen MR) is 123 cm³/mol. The van der Waals surface area contributed by atoms with Crippen molar-refractivity contribution in [3.8, 4) is 0 Å². The quantitative estimate of drug-likeness (QED) is 0.336. The first-order valence-electron chi connectivity index (χ1n) is 10.5. The fourth-order valence-corrected chi connectivity index (χ4v) is 3.41. The lowest BCUT2D eigenvalue weighted by atomic mass is 10.2. The molecule has 8 heteroatoms. The van der Waals surface area contributed by atoms with Crippen LogP contribution in [0.2, 0.25) is 0 Å². The van der Waals surface area contributed by atoms with Crippen molar-refractivity contribution in [1.29, 1.82) is 0 Å². The zero-order valence-corrected chi connectivity index (χ0v) is 17.5. The molecule has 4 rings (SSSR count). The molecule has 3 heterocycles. The number of rotatable bonds is 8. The molecule has 31 heavy (non-hydrogen) atoms. The summed E-state index contributed by atoms with van der Waals surface area (Å²) in [5.41, 5.74) is 9.77. The molecule has 4 aromatic rings. The minimum atomic E-state index is -0.265. The lowest BCUT2D eigenvalue weighted by Crippen LogP contribution is -2.25. The molecule has 0 atom stereocenters. The fourth-order valence-electron chi connectivity index (χ4n) is 3.41. The number of hydrogen-bond donors (Lipinski definition) is 2. The Bertz CT molecular complexity index is 1230. The molecule has 0 aliphatic rings. The highest BCUT2D eigenvalue weighted by Crippen LogP contribution is 2.27. The van der Waals surface area contributed by atoms with Gasteiger partial charge in [0.1, 0.15) is 16.9 Å². The van der Waals surface area contributed by atoms with E-state index in [1.807, 2.05) is 36.4 Å². The van der Waals surface area contributed by atoms with E-state index in [0.717, 1.165) is 31.2 Å². The van der Waals surface area contributed by atoms with Gasteiger partial charge in [0, 0.05) is 24.5 Å². The molecule has 1 aromatic carbocycles. The first kappa shape index (κ1) is 20.5. The molecule has 0 bridgehead atoms. The lowest BCUT2D eigenvalue weighted by Gasteiger charge is -2.05. The van der Waals surface area contributed by atoms with Crippen LogP contribution in [-0.4, -0.2) is 38.3 Å². The number of amides is 1. The van der Waals surface area contributed by atoms with Gasteiger partial charge in [-0.3, -0.25) is 9.78 Å². The minimum Gasteiger partial charge on any atom is -0.383 e. The predicted octanol–water partition coefficient (Wildman–Crippen LogP) is 3.75. The Hall–Kier alpha value is -3.81. The summed E-state index contributed by atoms with van der Waals surface area (Å²) < 4.78 is 1.47. The maximum Gasteiger partial charge on any atom is 0.257 e. The third-order valence-corrected chi connectivity index (χ3v) is 5.02. The van der Waals surface area contributed by atoms with Crippen molar-refractivity contribution in [3.05, 3.63) is 59.9 Å². The van der Waals surface area contributed by atoms with Crippen molar-refractivity contribution in [1.82, 2.24) is 24.9 Å². The molecule has 0 fully saturated rings. The van der Waals surface area contributed by atoms with E-state index in [4.69, 9.17) is 5.73 Å². The van der Waals surface area contributed by atoms with Gasteiger partial charge >= 0.3 is 0 Å². The topological polar surface area (TPSA) is 111 Å². The van der Waals surface area contributed by atoms with Gasteiger partial charge in [0.15, 0.2) is 5.65 Å². The number of nitrogens with two attached hydrogens (primary N) is 1. The Morgan fingerprint density at radius 3 is 2.68 bits per heavy atom. The first-order chi connectivity index (χ1) is 15.2. The number of anilines is 1. The lowest BCUT2D eigenvalue weighted by molar-refractivity contribution is 0.0955. The Labute approximate surface area is 180 Å². The number of unbranched alkanes of at least 4 members (excludes halogenated alkanes) is 3. The summed E-state index contributed by atoms with van der Waals surface area (Å²) in [6.07, 6.45) is 9.31. The SMILES string of the molecule is CCCCCCNC(=O)c1c(N)n(/N=C/c2cccnc2)c2nc3ccccc3nc12. The molecular weight excluding hydrogens is 390 g/mol. The average Bonchev–Trinajstić information content (AvgIpc) is 3.06. The van der Waals surface area contributed by atoms with Crippen LogP contribution >= 0.6 is 0 Å². The second-order valence-electron chi connectivity index (χ2n) is 7.30. The van der Waals surface area contributed by atoms with Crippen LogP contribution in [0.15, 0.2) is 53.9 Å². The van der Waals surface area contributed by atoms with Crippen molar-refractivity contribution in [3.63, 3.8) is 0 Å². The number of carbonyl (C=O) groups excluding carboxylic acids is 1. The molecular formula is C23H25N7O. The minimum absolute atomic E-state index is 0.205. The summed E-state index contributed by atoms with van der Waals surface area (Å²) in [6.45, 7) is 2.74. The Kier molecular flexibility index (Phi) is 6.16. The molecule has 158 valence electrons. The number of nitrogens with zero attached hydrogens (tertiary/aromatic N) is 5. The van der Waals surface area contributed by atoms with Crippen LogP contribution in [0.25, 0.3) is 22.2 Å². The number of aromatic nitrogens is 4. The monoisotopic (exact) mass is 415 g/mol. The highest BCUT2D eigenvalue weighted by molar-refractivity contribution is 6.10. The molecule has 0 aliphatic heterocycles. The maximum atomic E-state index is 13.0. The summed E-state index contributed by atoms with van der Waals surface area (Å²) in [7, 11) is 0. The molecule has 8 nitrogen and oxygen atoms in total. The van der Waals surface area contributed by atoms with Gasteiger partial charge in [-0.1, -0.05) is 44.4 Å². The number of benzene rings is 1. The van der Waals surface area contributed by atoms with Gasteiger partial charge in [-0.05, 0) is 24.6 Å². The standard InChI is InChI=1S/C23H25N7O/c1-2-3-4-7-13-26-23(31)19-20-22(29-18-11-6-5-10-17(18)28-20)30(21(19)24)27-15-16-9-8-12-25-14-16/h5-6,8-12,14-15H,2-4,7,13,24H2,1H3,(H,26,31)/b27-15+. The van der Waals surface area contributed by atoms with E-state index in [-0.39, 0.29) is 11.7 Å². The van der Waals surface area contributed by atoms with E-state index in [1.165, 1.54) is 4.68 Å². The van der Waals surface area contributed by atoms with Crippen LogP contribution in [0, 0.1) is 0 Å². The molecule has 3 aromatic heterocycles. The number of pyridine rings is 1. The second-order valence-corrected chi connectivity index (χ2v) is 7.30. The zero-order chi connectivity index (χ0) is 21.6. The van der Waals surface area contributed by atoms with E-state index >= 15 is 0 Å². The summed E-state index contributed by atoms with van der Waals surface area (Å²) in [5.74, 6) is -0.0598. The molecule has 3 N–H and O–H groups in total. The van der Waals surface area contributed by atoms with Gasteiger partial charge in [0.2, 0.25) is 0 Å². The average molecular weight is 416 g/mol. The highest BCUT2D eigenvalue weighted by atomic mass is 16.1. The van der Waals surface area contributed by atoms with E-state index in [2.05, 4.69) is 32.3 Å². The van der Waals surface area contributed by atoms with Crippen LogP contribution in [-0.2, 0) is 0 Å². The van der Waals surface area contributed by atoms with Crippen molar-refractivity contribution in [2.24, 2.45) is 5.10 Å². The summed E-state index contributed by atoms with van der Waals surface area (Å²) in [4.78, 5) is 26.5. The molecule has 0 saturated heterocycles. The summed E-state index contributed by atoms with van der Waals surface area (Å²) in [6, 6.07) is 11.2. The van der Waals surface area contributed by atoms with Gasteiger partial charge in [-0.2, -0.15) is 9.78 Å². The molecule has 1 amide bonds. The van der Waals surface area contributed by atoms with Gasteiger partial charge < -0.3 is 11.1 Å². The number of hydrogen-bond acceptors (Lipinski definition) is 6. The van der Waals surface area contributed by atoms with Crippen LogP contribution in [0.3, 0.4) is 0 Å². The number of para-hydroxylation sites is 2. The molecule has 0 saturated carbocycles. The molecule has 0 unspecified atom stereocenters. The molecule has 0 spiro atoms. The van der Waals surface area contributed by atoms with Crippen molar-refractivity contribution >= 4 is 40.1 Å². The zero-order valence-electron chi connectivity index (χ0n) is 17.5. The maximum absolute atomic E-state index is 13.0. The Morgan fingerprint density at radius 2 is 1.94 bits per heavy atom. The second kappa shape index (κ2) is 9.34. The van der Waals surface area contributed by atoms with Gasteiger partial charge in [-0.15, -0.1) is 0 Å². The van der Waals surface area contributed by atoms with E-state index in [9.17, 15) is 4.79 Å². The molecule has 0 aliphatic carbocycles. The van der Waals surface area contributed by atoms with Crippen LogP contribution < -0.4 is 11.1 Å². The van der Waals surface area contributed by atoms with Gasteiger partial charge in [-0.25, -0.2) is 9.97 Å². The third kappa shape index (κ3) is 4.37. The van der Waals surface area contributed by atoms with Crippen molar-refractivity contribution in [2.45, 2.75) is 32.6 Å². The number of carbonyl (C=O) groups is 1. The highest BCUT2D eigenvalue weighted by Gasteiger charge is 2.23. The van der Waals surface area contributed by atoms with Gasteiger partial charge in [0.25, 0.3) is 5.91 Å². The largest absolute Gasteiger partial charge is 0.383 e.